The molecule has 5 unspecified atom stereocenters. The van der Waals surface area contributed by atoms with Crippen molar-refractivity contribution in [2.24, 2.45) is 0 Å². The minimum absolute atomic E-state index is 0.0143. The van der Waals surface area contributed by atoms with Gasteiger partial charge in [0.15, 0.2) is 0 Å². The number of para-hydroxylation sites is 1. The molecule has 2 aromatic rings. The van der Waals surface area contributed by atoms with E-state index in [1.807, 2.05) is 0 Å². The number of aliphatic hydroxyl groups excluding tert-OH is 4. The van der Waals surface area contributed by atoms with Crippen molar-refractivity contribution < 1.29 is 39.4 Å². The maximum absolute atomic E-state index is 12.5. The highest BCUT2D eigenvalue weighted by Gasteiger charge is 2.44. The molecule has 2 aromatic carbocycles. The van der Waals surface area contributed by atoms with Gasteiger partial charge in [-0.15, -0.1) is 0 Å². The second-order valence-electron chi connectivity index (χ2n) is 6.88. The van der Waals surface area contributed by atoms with Gasteiger partial charge in [-0.1, -0.05) is 18.2 Å². The van der Waals surface area contributed by atoms with Crippen LogP contribution in [0.15, 0.2) is 48.5 Å². The fourth-order valence-electron chi connectivity index (χ4n) is 3.11. The number of aliphatic hydroxyl groups is 4. The van der Waals surface area contributed by atoms with Crippen LogP contribution >= 0.6 is 0 Å². The summed E-state index contributed by atoms with van der Waals surface area (Å²) in [5.41, 5.74) is 1.13. The molecular weight excluding hydrogens is 394 g/mol. The zero-order valence-corrected chi connectivity index (χ0v) is 16.3. The van der Waals surface area contributed by atoms with Crippen LogP contribution in [0.2, 0.25) is 0 Å². The summed E-state index contributed by atoms with van der Waals surface area (Å²) in [7, 11) is 1.56. The van der Waals surface area contributed by atoms with E-state index in [1.165, 1.54) is 0 Å². The van der Waals surface area contributed by atoms with Gasteiger partial charge in [-0.2, -0.15) is 0 Å². The van der Waals surface area contributed by atoms with Crippen molar-refractivity contribution in [2.45, 2.75) is 37.1 Å². The minimum Gasteiger partial charge on any atom is -0.497 e. The molecule has 1 fully saturated rings. The average Bonchev–Trinajstić information content (AvgIpc) is 2.76. The van der Waals surface area contributed by atoms with Crippen molar-refractivity contribution in [1.82, 2.24) is 0 Å². The number of ether oxygens (including phenoxy) is 3. The van der Waals surface area contributed by atoms with Crippen molar-refractivity contribution in [1.29, 1.82) is 0 Å². The quantitative estimate of drug-likeness (QED) is 0.425. The van der Waals surface area contributed by atoms with Crippen LogP contribution in [0.5, 0.6) is 11.5 Å². The van der Waals surface area contributed by atoms with Crippen LogP contribution in [0.3, 0.4) is 0 Å². The summed E-state index contributed by atoms with van der Waals surface area (Å²) < 4.78 is 16.1. The number of nitrogens with one attached hydrogen (secondary N) is 1. The molecule has 0 aliphatic carbocycles. The number of amides is 1. The number of hydrogen-bond donors (Lipinski definition) is 5. The number of hydrogen-bond acceptors (Lipinski definition) is 8. The largest absolute Gasteiger partial charge is 0.497 e. The summed E-state index contributed by atoms with van der Waals surface area (Å²) >= 11 is 0. The van der Waals surface area contributed by atoms with Crippen LogP contribution in [-0.4, -0.2) is 70.8 Å². The average molecular weight is 419 g/mol. The lowest BCUT2D eigenvalue weighted by atomic mass is 9.99. The van der Waals surface area contributed by atoms with Gasteiger partial charge in [-0.3, -0.25) is 4.79 Å². The lowest BCUT2D eigenvalue weighted by molar-refractivity contribution is -0.277. The van der Waals surface area contributed by atoms with Crippen molar-refractivity contribution >= 4 is 11.6 Å². The Balaban J connectivity index is 1.68. The van der Waals surface area contributed by atoms with E-state index >= 15 is 0 Å². The Hall–Kier alpha value is -2.69. The lowest BCUT2D eigenvalue weighted by Crippen LogP contribution is -2.60. The zero-order valence-electron chi connectivity index (χ0n) is 16.3. The highest BCUT2D eigenvalue weighted by Crippen LogP contribution is 2.27. The Morgan fingerprint density at radius 3 is 2.40 bits per heavy atom. The minimum atomic E-state index is -1.55. The summed E-state index contributed by atoms with van der Waals surface area (Å²) in [4.78, 5) is 12.5. The Labute approximate surface area is 173 Å². The number of rotatable bonds is 7. The molecule has 1 saturated heterocycles. The first-order chi connectivity index (χ1) is 14.4. The molecule has 5 N–H and O–H groups in total. The first-order valence-electron chi connectivity index (χ1n) is 9.42. The highest BCUT2D eigenvalue weighted by atomic mass is 16.7. The lowest BCUT2D eigenvalue weighted by Gasteiger charge is -2.39. The molecule has 1 amide bonds. The van der Waals surface area contributed by atoms with Gasteiger partial charge in [0.1, 0.15) is 35.9 Å². The van der Waals surface area contributed by atoms with Gasteiger partial charge in [-0.25, -0.2) is 0 Å². The Morgan fingerprint density at radius 1 is 1.03 bits per heavy atom. The molecule has 0 saturated carbocycles. The number of methoxy groups -OCH3 is 1. The molecule has 0 aromatic heterocycles. The van der Waals surface area contributed by atoms with Crippen LogP contribution in [0.4, 0.5) is 5.69 Å². The molecule has 1 aliphatic heterocycles. The summed E-state index contributed by atoms with van der Waals surface area (Å²) in [6.45, 7) is -0.559. The third kappa shape index (κ3) is 5.07. The number of carbonyl (C=O) groups excluding carboxylic acids is 1. The maximum atomic E-state index is 12.5. The molecule has 0 radical (unpaired) electrons. The standard InChI is InChI=1S/C21H25NO8/c1-28-14-8-6-13(7-9-14)22-17(24)10-12-4-2-3-5-15(12)29-21-20(27)19(26)18(25)16(11-23)30-21/h2-9,16,18-21,23,25-27H,10-11H2,1H3,(H,22,24). The Kier molecular flexibility index (Phi) is 7.24. The maximum Gasteiger partial charge on any atom is 0.229 e. The molecule has 0 spiro atoms. The summed E-state index contributed by atoms with van der Waals surface area (Å²) in [5, 5.41) is 42.0. The van der Waals surface area contributed by atoms with E-state index in [0.717, 1.165) is 0 Å². The molecular formula is C21H25NO8. The first kappa shape index (κ1) is 22.0. The fraction of sp³-hybridized carbons (Fsp3) is 0.381. The third-order valence-corrected chi connectivity index (χ3v) is 4.79. The van der Waals surface area contributed by atoms with E-state index in [2.05, 4.69) is 5.32 Å². The van der Waals surface area contributed by atoms with E-state index in [-0.39, 0.29) is 18.1 Å². The Morgan fingerprint density at radius 2 is 1.73 bits per heavy atom. The normalized spacial score (nSPS) is 26.1. The molecule has 9 heteroatoms. The number of benzene rings is 2. The van der Waals surface area contributed by atoms with E-state index in [0.29, 0.717) is 17.0 Å². The van der Waals surface area contributed by atoms with Crippen molar-refractivity contribution in [3.05, 3.63) is 54.1 Å². The van der Waals surface area contributed by atoms with Gasteiger partial charge in [0.2, 0.25) is 12.2 Å². The summed E-state index contributed by atoms with van der Waals surface area (Å²) in [5.74, 6) is 0.656. The highest BCUT2D eigenvalue weighted by molar-refractivity contribution is 5.92. The van der Waals surface area contributed by atoms with Crippen molar-refractivity contribution in [3.8, 4) is 11.5 Å². The summed E-state index contributed by atoms with van der Waals surface area (Å²) in [6, 6.07) is 13.6. The first-order valence-corrected chi connectivity index (χ1v) is 9.42. The third-order valence-electron chi connectivity index (χ3n) is 4.79. The monoisotopic (exact) mass is 419 g/mol. The number of anilines is 1. The molecule has 30 heavy (non-hydrogen) atoms. The number of carbonyl (C=O) groups is 1. The van der Waals surface area contributed by atoms with Gasteiger partial charge < -0.3 is 40.0 Å². The van der Waals surface area contributed by atoms with Gasteiger partial charge in [0.25, 0.3) is 0 Å². The Bertz CT molecular complexity index is 841. The van der Waals surface area contributed by atoms with Crippen LogP contribution in [0.25, 0.3) is 0 Å². The van der Waals surface area contributed by atoms with Crippen molar-refractivity contribution in [2.75, 3.05) is 19.0 Å². The smallest absolute Gasteiger partial charge is 0.229 e. The zero-order chi connectivity index (χ0) is 21.7. The van der Waals surface area contributed by atoms with Gasteiger partial charge >= 0.3 is 0 Å². The fourth-order valence-corrected chi connectivity index (χ4v) is 3.11. The van der Waals surface area contributed by atoms with Gasteiger partial charge in [0.05, 0.1) is 20.1 Å². The second kappa shape index (κ2) is 9.88. The molecule has 162 valence electrons. The molecule has 5 atom stereocenters. The second-order valence-corrected chi connectivity index (χ2v) is 6.88. The van der Waals surface area contributed by atoms with E-state index in [4.69, 9.17) is 14.2 Å². The van der Waals surface area contributed by atoms with Crippen molar-refractivity contribution in [3.63, 3.8) is 0 Å². The molecule has 0 bridgehead atoms. The molecule has 1 aliphatic rings. The summed E-state index contributed by atoms with van der Waals surface area (Å²) in [6.07, 6.45) is -6.99. The predicted molar refractivity (Wildman–Crippen MR) is 106 cm³/mol. The van der Waals surface area contributed by atoms with Gasteiger partial charge in [-0.05, 0) is 30.3 Å². The van der Waals surface area contributed by atoms with Crippen LogP contribution in [0.1, 0.15) is 5.56 Å². The van der Waals surface area contributed by atoms with E-state index in [9.17, 15) is 25.2 Å². The van der Waals surface area contributed by atoms with Crippen LogP contribution < -0.4 is 14.8 Å². The van der Waals surface area contributed by atoms with Gasteiger partial charge in [0, 0.05) is 11.3 Å². The van der Waals surface area contributed by atoms with Crippen LogP contribution in [-0.2, 0) is 16.0 Å². The topological polar surface area (TPSA) is 138 Å². The SMILES string of the molecule is COc1ccc(NC(=O)Cc2ccccc2OC2OC(CO)C(O)C(O)C2O)cc1. The predicted octanol–water partition coefficient (Wildman–Crippen LogP) is 0.0551. The van der Waals surface area contributed by atoms with E-state index in [1.54, 1.807) is 55.6 Å². The molecule has 9 nitrogen and oxygen atoms in total. The molecule has 3 rings (SSSR count). The van der Waals surface area contributed by atoms with Crippen LogP contribution in [0, 0.1) is 0 Å². The molecule has 1 heterocycles. The van der Waals surface area contributed by atoms with E-state index < -0.39 is 37.3 Å².